The summed E-state index contributed by atoms with van der Waals surface area (Å²) < 4.78 is 6.92. The van der Waals surface area contributed by atoms with E-state index in [1.165, 1.54) is 23.7 Å². The van der Waals surface area contributed by atoms with E-state index in [-0.39, 0.29) is 11.9 Å². The molecule has 1 aliphatic rings. The van der Waals surface area contributed by atoms with Crippen molar-refractivity contribution < 1.29 is 9.21 Å². The fourth-order valence-corrected chi connectivity index (χ4v) is 2.83. The van der Waals surface area contributed by atoms with Crippen LogP contribution in [0, 0.1) is 0 Å². The van der Waals surface area contributed by atoms with Gasteiger partial charge in [-0.05, 0) is 30.4 Å². The molecule has 1 amide bonds. The lowest BCUT2D eigenvalue weighted by molar-refractivity contribution is 0.102. The maximum atomic E-state index is 12.4. The van der Waals surface area contributed by atoms with Crippen LogP contribution >= 0.6 is 0 Å². The van der Waals surface area contributed by atoms with Crippen molar-refractivity contribution >= 4 is 11.9 Å². The molecule has 2 heterocycles. The highest BCUT2D eigenvalue weighted by molar-refractivity contribution is 6.03. The van der Waals surface area contributed by atoms with Crippen molar-refractivity contribution in [1.82, 2.24) is 9.55 Å². The number of aromatic nitrogens is 2. The van der Waals surface area contributed by atoms with Crippen LogP contribution in [0.2, 0.25) is 0 Å². The molecule has 0 aromatic carbocycles. The summed E-state index contributed by atoms with van der Waals surface area (Å²) in [5, 5.41) is 6.37. The highest BCUT2D eigenvalue weighted by atomic mass is 16.4. The molecule has 3 N–H and O–H groups in total. The van der Waals surface area contributed by atoms with Crippen LogP contribution in [0.1, 0.15) is 40.9 Å². The summed E-state index contributed by atoms with van der Waals surface area (Å²) in [6, 6.07) is 2.02. The van der Waals surface area contributed by atoms with E-state index in [4.69, 9.17) is 10.3 Å². The van der Waals surface area contributed by atoms with Crippen molar-refractivity contribution in [2.75, 3.05) is 5.32 Å². The minimum atomic E-state index is -0.334. The van der Waals surface area contributed by atoms with Crippen molar-refractivity contribution in [1.29, 1.82) is 0 Å². The fourth-order valence-electron chi connectivity index (χ4n) is 2.83. The first-order valence-corrected chi connectivity index (χ1v) is 6.79. The van der Waals surface area contributed by atoms with Crippen molar-refractivity contribution in [2.24, 2.45) is 18.0 Å². The molecule has 3 rings (SSSR count). The van der Waals surface area contributed by atoms with Gasteiger partial charge in [-0.1, -0.05) is 6.92 Å². The number of carbonyl (C=O) groups is 1. The molecule has 0 fully saturated rings. The van der Waals surface area contributed by atoms with Crippen LogP contribution in [0.3, 0.4) is 0 Å². The Morgan fingerprint density at radius 3 is 3.10 bits per heavy atom. The topological polar surface area (TPSA) is 98.4 Å². The molecule has 1 aliphatic carbocycles. The number of nitrogens with two attached hydrogens (primary N) is 1. The number of rotatable bonds is 2. The van der Waals surface area contributed by atoms with Gasteiger partial charge in [-0.3, -0.25) is 10.1 Å². The van der Waals surface area contributed by atoms with Crippen LogP contribution in [0.25, 0.3) is 0 Å². The first kappa shape index (κ1) is 13.4. The number of anilines is 1. The summed E-state index contributed by atoms with van der Waals surface area (Å²) in [5.74, 6) is 5.56. The van der Waals surface area contributed by atoms with Gasteiger partial charge in [-0.2, -0.15) is 5.10 Å². The Bertz CT molecular complexity index is 745. The van der Waals surface area contributed by atoms with E-state index in [0.717, 1.165) is 12.8 Å². The maximum absolute atomic E-state index is 12.4. The van der Waals surface area contributed by atoms with Gasteiger partial charge in [0.25, 0.3) is 5.91 Å². The van der Waals surface area contributed by atoms with E-state index in [9.17, 15) is 4.79 Å². The lowest BCUT2D eigenvalue weighted by Crippen LogP contribution is -2.32. The number of oxazole rings is 1. The van der Waals surface area contributed by atoms with E-state index in [1.807, 2.05) is 17.7 Å². The monoisotopic (exact) mass is 287 g/mol. The van der Waals surface area contributed by atoms with Crippen LogP contribution in [-0.4, -0.2) is 15.5 Å². The second-order valence-corrected chi connectivity index (χ2v) is 5.20. The molecule has 0 radical (unpaired) electrons. The molecular formula is C14H17N5O2. The van der Waals surface area contributed by atoms with E-state index in [2.05, 4.69) is 22.3 Å². The standard InChI is InChI=1S/C14H17N5O2/c1-8-3-4-11-9(8)7-10(12(18-15)19(11)2)13(20)17-14-16-5-6-21-14/h5-8H,3-4,15H2,1-2H3,(H,16,17,20)/b18-12-/t8-/m0/s1. The first-order valence-electron chi connectivity index (χ1n) is 6.79. The summed E-state index contributed by atoms with van der Waals surface area (Å²) in [6.07, 6.45) is 4.90. The molecule has 7 heteroatoms. The fraction of sp³-hybridized carbons (Fsp3) is 0.357. The lowest BCUT2D eigenvalue weighted by atomic mass is 10.0. The number of carbonyl (C=O) groups excluding carboxylic acids is 1. The number of hydrogen-bond acceptors (Lipinski definition) is 5. The zero-order valence-corrected chi connectivity index (χ0v) is 12.0. The smallest absolute Gasteiger partial charge is 0.301 e. The quantitative estimate of drug-likeness (QED) is 0.638. The van der Waals surface area contributed by atoms with Gasteiger partial charge >= 0.3 is 6.01 Å². The third kappa shape index (κ3) is 2.20. The minimum absolute atomic E-state index is 0.152. The summed E-state index contributed by atoms with van der Waals surface area (Å²) in [7, 11) is 1.88. The van der Waals surface area contributed by atoms with Crippen LogP contribution in [0.15, 0.2) is 28.0 Å². The average Bonchev–Trinajstić information content (AvgIpc) is 3.09. The number of nitrogens with zero attached hydrogens (tertiary/aromatic N) is 3. The third-order valence-electron chi connectivity index (χ3n) is 3.96. The molecule has 7 nitrogen and oxygen atoms in total. The molecule has 2 aromatic heterocycles. The van der Waals surface area contributed by atoms with E-state index in [0.29, 0.717) is 17.0 Å². The molecule has 0 unspecified atom stereocenters. The lowest BCUT2D eigenvalue weighted by Gasteiger charge is -2.13. The molecule has 2 aromatic rings. The van der Waals surface area contributed by atoms with Gasteiger partial charge < -0.3 is 14.8 Å². The Hall–Kier alpha value is -2.57. The molecule has 0 spiro atoms. The van der Waals surface area contributed by atoms with Crippen molar-refractivity contribution in [3.63, 3.8) is 0 Å². The highest BCUT2D eigenvalue weighted by Gasteiger charge is 2.24. The Morgan fingerprint density at radius 2 is 2.43 bits per heavy atom. The van der Waals surface area contributed by atoms with Gasteiger partial charge in [0, 0.05) is 12.7 Å². The van der Waals surface area contributed by atoms with E-state index >= 15 is 0 Å². The number of pyridine rings is 1. The SMILES string of the molecule is C[C@H]1CCc2c1cc(C(=O)Nc1ncco1)/c(=N/N)n2C. The summed E-state index contributed by atoms with van der Waals surface area (Å²) in [4.78, 5) is 16.3. The third-order valence-corrected chi connectivity index (χ3v) is 3.96. The molecular weight excluding hydrogens is 270 g/mol. The van der Waals surface area contributed by atoms with Gasteiger partial charge in [0.15, 0.2) is 5.49 Å². The number of amides is 1. The number of fused-ring (bicyclic) bond motifs is 1. The zero-order chi connectivity index (χ0) is 15.0. The summed E-state index contributed by atoms with van der Waals surface area (Å²) in [5.41, 5.74) is 3.22. The van der Waals surface area contributed by atoms with Gasteiger partial charge in [0.2, 0.25) is 0 Å². The molecule has 21 heavy (non-hydrogen) atoms. The molecule has 0 aliphatic heterocycles. The van der Waals surface area contributed by atoms with Crippen LogP contribution in [0.5, 0.6) is 0 Å². The highest BCUT2D eigenvalue weighted by Crippen LogP contribution is 2.31. The Balaban J connectivity index is 2.08. The first-order chi connectivity index (χ1) is 10.1. The molecule has 0 bridgehead atoms. The molecule has 0 saturated heterocycles. The average molecular weight is 287 g/mol. The summed E-state index contributed by atoms with van der Waals surface area (Å²) in [6.45, 7) is 2.15. The Kier molecular flexibility index (Phi) is 3.25. The molecule has 110 valence electrons. The second kappa shape index (κ2) is 5.08. The molecule has 0 saturated carbocycles. The van der Waals surface area contributed by atoms with Crippen molar-refractivity contribution in [3.05, 3.63) is 40.8 Å². The van der Waals surface area contributed by atoms with Gasteiger partial charge in [-0.25, -0.2) is 4.98 Å². The Morgan fingerprint density at radius 1 is 1.62 bits per heavy atom. The van der Waals surface area contributed by atoms with Gasteiger partial charge in [-0.15, -0.1) is 0 Å². The largest absolute Gasteiger partial charge is 0.432 e. The van der Waals surface area contributed by atoms with Crippen molar-refractivity contribution in [2.45, 2.75) is 25.7 Å². The maximum Gasteiger partial charge on any atom is 0.301 e. The van der Waals surface area contributed by atoms with Crippen molar-refractivity contribution in [3.8, 4) is 0 Å². The second-order valence-electron chi connectivity index (χ2n) is 5.20. The zero-order valence-electron chi connectivity index (χ0n) is 12.0. The van der Waals surface area contributed by atoms with Gasteiger partial charge in [0.1, 0.15) is 6.26 Å². The van der Waals surface area contributed by atoms with Crippen LogP contribution in [-0.2, 0) is 13.5 Å². The predicted octanol–water partition coefficient (Wildman–Crippen LogP) is 1.09. The van der Waals surface area contributed by atoms with E-state index in [1.54, 1.807) is 0 Å². The minimum Gasteiger partial charge on any atom is -0.432 e. The number of nitrogens with one attached hydrogen (secondary N) is 1. The van der Waals surface area contributed by atoms with Crippen LogP contribution in [0.4, 0.5) is 6.01 Å². The molecule has 1 atom stereocenters. The number of hydrogen-bond donors (Lipinski definition) is 2. The predicted molar refractivity (Wildman–Crippen MR) is 76.4 cm³/mol. The Labute approximate surface area is 121 Å². The normalized spacial score (nSPS) is 17.8. The summed E-state index contributed by atoms with van der Waals surface area (Å²) >= 11 is 0. The van der Waals surface area contributed by atoms with E-state index < -0.39 is 0 Å². The van der Waals surface area contributed by atoms with Gasteiger partial charge in [0.05, 0.1) is 11.8 Å². The van der Waals surface area contributed by atoms with Crippen LogP contribution < -0.4 is 16.6 Å².